The Morgan fingerprint density at radius 2 is 1.68 bits per heavy atom. The van der Waals surface area contributed by atoms with Crippen molar-refractivity contribution in [1.29, 1.82) is 0 Å². The van der Waals surface area contributed by atoms with Gasteiger partial charge in [0.1, 0.15) is 5.75 Å². The van der Waals surface area contributed by atoms with Crippen LogP contribution in [-0.4, -0.2) is 42.3 Å². The van der Waals surface area contributed by atoms with Crippen molar-refractivity contribution in [2.45, 2.75) is 39.0 Å². The molecular weight excluding hydrogens is 369 g/mol. The first-order valence-electron chi connectivity index (χ1n) is 9.72. The normalized spacial score (nSPS) is 19.8. The van der Waals surface area contributed by atoms with Crippen molar-refractivity contribution in [3.05, 3.63) is 36.0 Å². The molecule has 0 radical (unpaired) electrons. The number of aromatic nitrogens is 2. The number of alkyl halides is 3. The summed E-state index contributed by atoms with van der Waals surface area (Å²) in [5, 5.41) is 8.15. The van der Waals surface area contributed by atoms with Crippen molar-refractivity contribution in [3.8, 4) is 11.4 Å². The third-order valence-corrected chi connectivity index (χ3v) is 6.00. The van der Waals surface area contributed by atoms with Crippen molar-refractivity contribution in [1.82, 2.24) is 15.1 Å². The number of nitrogens with one attached hydrogen (secondary N) is 1. The standard InChI is InChI=1S/C20H25F3N4O/c1-15-14-18(26-12-8-19(9-13-26)6-10-24-11-7-19)25-27(15)16-2-4-17(5-3-16)28-20(21,22)23/h2-5,14,24H,6-13H2,1H3. The second-order valence-electron chi connectivity index (χ2n) is 7.83. The van der Waals surface area contributed by atoms with Crippen LogP contribution in [0.3, 0.4) is 0 Å². The minimum absolute atomic E-state index is 0.232. The van der Waals surface area contributed by atoms with Crippen LogP contribution in [0.4, 0.5) is 19.0 Å². The summed E-state index contributed by atoms with van der Waals surface area (Å²) in [6, 6.07) is 7.84. The molecule has 2 aromatic rings. The molecular formula is C20H25F3N4O. The van der Waals surface area contributed by atoms with Gasteiger partial charge in [-0.25, -0.2) is 4.68 Å². The summed E-state index contributed by atoms with van der Waals surface area (Å²) in [4.78, 5) is 2.32. The summed E-state index contributed by atoms with van der Waals surface area (Å²) in [5.74, 6) is 0.696. The predicted molar refractivity (Wildman–Crippen MR) is 101 cm³/mol. The molecule has 1 aromatic heterocycles. The summed E-state index contributed by atoms with van der Waals surface area (Å²) in [6.07, 6.45) is 0.186. The van der Waals surface area contributed by atoms with E-state index in [1.54, 1.807) is 16.8 Å². The van der Waals surface area contributed by atoms with Crippen molar-refractivity contribution >= 4 is 5.82 Å². The van der Waals surface area contributed by atoms with Gasteiger partial charge in [0.25, 0.3) is 0 Å². The molecule has 2 aliphatic heterocycles. The molecule has 0 aliphatic carbocycles. The maximum absolute atomic E-state index is 12.3. The molecule has 0 atom stereocenters. The number of hydrogen-bond acceptors (Lipinski definition) is 4. The van der Waals surface area contributed by atoms with Crippen LogP contribution in [0.25, 0.3) is 5.69 Å². The van der Waals surface area contributed by atoms with Gasteiger partial charge in [0.15, 0.2) is 5.82 Å². The Balaban J connectivity index is 1.45. The number of aryl methyl sites for hydroxylation is 1. The van der Waals surface area contributed by atoms with Crippen LogP contribution in [0, 0.1) is 12.3 Å². The zero-order chi connectivity index (χ0) is 19.8. The average molecular weight is 394 g/mol. The number of rotatable bonds is 3. The molecule has 8 heteroatoms. The molecule has 4 rings (SSSR count). The van der Waals surface area contributed by atoms with Crippen LogP contribution in [0.2, 0.25) is 0 Å². The SMILES string of the molecule is Cc1cc(N2CCC3(CCNCC3)CC2)nn1-c1ccc(OC(F)(F)F)cc1. The van der Waals surface area contributed by atoms with Crippen LogP contribution < -0.4 is 15.0 Å². The molecule has 0 unspecified atom stereocenters. The number of benzene rings is 1. The van der Waals surface area contributed by atoms with Gasteiger partial charge in [-0.3, -0.25) is 0 Å². The fraction of sp³-hybridized carbons (Fsp3) is 0.550. The monoisotopic (exact) mass is 394 g/mol. The third-order valence-electron chi connectivity index (χ3n) is 6.00. The second-order valence-corrected chi connectivity index (χ2v) is 7.83. The molecule has 2 fully saturated rings. The Morgan fingerprint density at radius 3 is 2.29 bits per heavy atom. The number of halogens is 3. The topological polar surface area (TPSA) is 42.3 Å². The molecule has 1 N–H and O–H groups in total. The van der Waals surface area contributed by atoms with Crippen molar-refractivity contribution in [3.63, 3.8) is 0 Å². The van der Waals surface area contributed by atoms with Crippen LogP contribution >= 0.6 is 0 Å². The fourth-order valence-electron chi connectivity index (χ4n) is 4.33. The first-order valence-corrected chi connectivity index (χ1v) is 9.72. The Hall–Kier alpha value is -2.22. The Labute approximate surface area is 162 Å². The molecule has 5 nitrogen and oxygen atoms in total. The molecule has 3 heterocycles. The zero-order valence-corrected chi connectivity index (χ0v) is 15.9. The van der Waals surface area contributed by atoms with Gasteiger partial charge in [0.2, 0.25) is 0 Å². The van der Waals surface area contributed by atoms with Gasteiger partial charge in [0.05, 0.1) is 5.69 Å². The minimum atomic E-state index is -4.68. The van der Waals surface area contributed by atoms with Gasteiger partial charge in [-0.15, -0.1) is 13.2 Å². The van der Waals surface area contributed by atoms with E-state index in [-0.39, 0.29) is 5.75 Å². The van der Waals surface area contributed by atoms with Gasteiger partial charge in [-0.2, -0.15) is 5.10 Å². The molecule has 28 heavy (non-hydrogen) atoms. The fourth-order valence-corrected chi connectivity index (χ4v) is 4.33. The molecule has 0 amide bonds. The molecule has 1 spiro atoms. The first-order chi connectivity index (χ1) is 13.3. The van der Waals surface area contributed by atoms with Crippen LogP contribution in [-0.2, 0) is 0 Å². The predicted octanol–water partition coefficient (Wildman–Crippen LogP) is 4.05. The lowest BCUT2D eigenvalue weighted by atomic mass is 9.71. The highest BCUT2D eigenvalue weighted by Crippen LogP contribution is 2.40. The largest absolute Gasteiger partial charge is 0.573 e. The van der Waals surface area contributed by atoms with Gasteiger partial charge in [-0.05, 0) is 75.4 Å². The minimum Gasteiger partial charge on any atom is -0.406 e. The van der Waals surface area contributed by atoms with E-state index in [1.165, 1.54) is 37.8 Å². The van der Waals surface area contributed by atoms with Gasteiger partial charge >= 0.3 is 6.36 Å². The summed E-state index contributed by atoms with van der Waals surface area (Å²) >= 11 is 0. The van der Waals surface area contributed by atoms with Crippen molar-refractivity contribution in [2.24, 2.45) is 5.41 Å². The maximum atomic E-state index is 12.3. The number of hydrogen-bond donors (Lipinski definition) is 1. The van der Waals surface area contributed by atoms with Crippen LogP contribution in [0.5, 0.6) is 5.75 Å². The summed E-state index contributed by atoms with van der Waals surface area (Å²) < 4.78 is 42.7. The average Bonchev–Trinajstić information content (AvgIpc) is 3.04. The van der Waals surface area contributed by atoms with Gasteiger partial charge in [-0.1, -0.05) is 0 Å². The molecule has 2 saturated heterocycles. The van der Waals surface area contributed by atoms with Crippen LogP contribution in [0.1, 0.15) is 31.4 Å². The van der Waals surface area contributed by atoms with E-state index in [9.17, 15) is 13.2 Å². The highest BCUT2D eigenvalue weighted by molar-refractivity contribution is 5.45. The highest BCUT2D eigenvalue weighted by atomic mass is 19.4. The number of piperidine rings is 2. The zero-order valence-electron chi connectivity index (χ0n) is 15.9. The number of ether oxygens (including phenoxy) is 1. The maximum Gasteiger partial charge on any atom is 0.573 e. The smallest absolute Gasteiger partial charge is 0.406 e. The third kappa shape index (κ3) is 4.11. The molecule has 2 aliphatic rings. The second kappa shape index (κ2) is 7.31. The Bertz CT molecular complexity index is 800. The van der Waals surface area contributed by atoms with E-state index in [0.29, 0.717) is 11.1 Å². The van der Waals surface area contributed by atoms with E-state index in [1.807, 2.05) is 13.0 Å². The van der Waals surface area contributed by atoms with E-state index in [0.717, 1.165) is 37.7 Å². The molecule has 0 bridgehead atoms. The quantitative estimate of drug-likeness (QED) is 0.853. The van der Waals surface area contributed by atoms with Crippen molar-refractivity contribution in [2.75, 3.05) is 31.1 Å². The first kappa shape index (κ1) is 19.1. The summed E-state index contributed by atoms with van der Waals surface area (Å²) in [5.41, 5.74) is 2.14. The number of nitrogens with zero attached hydrogens (tertiary/aromatic N) is 3. The Kier molecular flexibility index (Phi) is 4.99. The molecule has 1 aromatic carbocycles. The lowest BCUT2D eigenvalue weighted by molar-refractivity contribution is -0.274. The van der Waals surface area contributed by atoms with E-state index in [4.69, 9.17) is 5.10 Å². The molecule has 152 valence electrons. The van der Waals surface area contributed by atoms with E-state index < -0.39 is 6.36 Å². The summed E-state index contributed by atoms with van der Waals surface area (Å²) in [7, 11) is 0. The van der Waals surface area contributed by atoms with E-state index in [2.05, 4.69) is 15.0 Å². The lowest BCUT2D eigenvalue weighted by Gasteiger charge is -2.44. The lowest BCUT2D eigenvalue weighted by Crippen LogP contribution is -2.45. The van der Waals surface area contributed by atoms with Crippen molar-refractivity contribution < 1.29 is 17.9 Å². The number of anilines is 1. The Morgan fingerprint density at radius 1 is 1.04 bits per heavy atom. The van der Waals surface area contributed by atoms with Crippen LogP contribution in [0.15, 0.2) is 30.3 Å². The molecule has 0 saturated carbocycles. The van der Waals surface area contributed by atoms with E-state index >= 15 is 0 Å². The highest BCUT2D eigenvalue weighted by Gasteiger charge is 2.36. The summed E-state index contributed by atoms with van der Waals surface area (Å²) in [6.45, 7) is 6.17. The van der Waals surface area contributed by atoms with Gasteiger partial charge < -0.3 is 15.0 Å². The van der Waals surface area contributed by atoms with Gasteiger partial charge in [0, 0.05) is 24.8 Å².